The highest BCUT2D eigenvalue weighted by atomic mass is 16.4. The second-order valence-corrected chi connectivity index (χ2v) is 10.2. The smallest absolute Gasteiger partial charge is 0.309 e. The average Bonchev–Trinajstić information content (AvgIpc) is 2.74. The predicted octanol–water partition coefficient (Wildman–Crippen LogP) is 6.13. The molecule has 2 aromatic rings. The lowest BCUT2D eigenvalue weighted by Crippen LogP contribution is -2.52. The van der Waals surface area contributed by atoms with Crippen molar-refractivity contribution in [2.45, 2.75) is 71.1 Å². The molecule has 0 aromatic heterocycles. The Bertz CT molecular complexity index is 1030. The summed E-state index contributed by atoms with van der Waals surface area (Å²) in [5.74, 6) is -0.294. The second kappa shape index (κ2) is 7.81. The van der Waals surface area contributed by atoms with Crippen LogP contribution in [0.15, 0.2) is 47.6 Å². The van der Waals surface area contributed by atoms with Crippen LogP contribution in [0.2, 0.25) is 0 Å². The molecule has 2 aliphatic rings. The number of carboxylic acid groups (broad SMARTS) is 1. The van der Waals surface area contributed by atoms with Gasteiger partial charge in [0.2, 0.25) is 0 Å². The molecular formula is C27H33NO3. The van der Waals surface area contributed by atoms with Gasteiger partial charge in [-0.3, -0.25) is 4.79 Å². The molecule has 0 bridgehead atoms. The second-order valence-electron chi connectivity index (χ2n) is 10.2. The normalized spacial score (nSPS) is 28.2. The number of nitrogens with zero attached hydrogens (tertiary/aromatic N) is 1. The Morgan fingerprint density at radius 2 is 1.84 bits per heavy atom. The number of benzene rings is 2. The van der Waals surface area contributed by atoms with Gasteiger partial charge in [0.05, 0.1) is 5.41 Å². The van der Waals surface area contributed by atoms with Crippen LogP contribution >= 0.6 is 0 Å². The molecule has 164 valence electrons. The Morgan fingerprint density at radius 1 is 1.13 bits per heavy atom. The van der Waals surface area contributed by atoms with Gasteiger partial charge in [-0.1, -0.05) is 68.7 Å². The lowest BCUT2D eigenvalue weighted by molar-refractivity contribution is -0.157. The Labute approximate surface area is 185 Å². The molecule has 0 aliphatic heterocycles. The van der Waals surface area contributed by atoms with Crippen molar-refractivity contribution in [1.29, 1.82) is 0 Å². The van der Waals surface area contributed by atoms with E-state index in [1.54, 1.807) is 0 Å². The number of aryl methyl sites for hydroxylation is 1. The molecule has 2 aliphatic carbocycles. The van der Waals surface area contributed by atoms with Gasteiger partial charge < -0.3 is 10.3 Å². The molecule has 1 fully saturated rings. The van der Waals surface area contributed by atoms with E-state index in [0.717, 1.165) is 43.2 Å². The quantitative estimate of drug-likeness (QED) is 0.356. The molecule has 0 saturated heterocycles. The minimum absolute atomic E-state index is 0.0998. The maximum Gasteiger partial charge on any atom is 0.309 e. The van der Waals surface area contributed by atoms with E-state index in [2.05, 4.69) is 38.1 Å². The number of hydrogen-bond acceptors (Lipinski definition) is 3. The Hall–Kier alpha value is -2.62. The molecule has 0 heterocycles. The third-order valence-corrected chi connectivity index (χ3v) is 8.04. The lowest BCUT2D eigenvalue weighted by atomic mass is 9.49. The zero-order valence-corrected chi connectivity index (χ0v) is 19.0. The van der Waals surface area contributed by atoms with E-state index >= 15 is 0 Å². The number of rotatable bonds is 4. The van der Waals surface area contributed by atoms with Crippen molar-refractivity contribution in [2.75, 3.05) is 0 Å². The number of fused-ring (bicyclic) bond motifs is 3. The summed E-state index contributed by atoms with van der Waals surface area (Å²) >= 11 is 0. The maximum absolute atomic E-state index is 12.3. The van der Waals surface area contributed by atoms with Crippen LogP contribution in [-0.4, -0.2) is 22.0 Å². The zero-order chi connectivity index (χ0) is 22.4. The van der Waals surface area contributed by atoms with Crippen LogP contribution < -0.4 is 0 Å². The van der Waals surface area contributed by atoms with Gasteiger partial charge in [-0.05, 0) is 72.6 Å². The van der Waals surface area contributed by atoms with Gasteiger partial charge >= 0.3 is 5.97 Å². The largest absolute Gasteiger partial charge is 0.481 e. The molecule has 2 aromatic carbocycles. The maximum atomic E-state index is 12.3. The Morgan fingerprint density at radius 3 is 2.45 bits per heavy atom. The van der Waals surface area contributed by atoms with Crippen LogP contribution in [0.4, 0.5) is 0 Å². The highest BCUT2D eigenvalue weighted by Gasteiger charge is 2.55. The molecule has 2 N–H and O–H groups in total. The van der Waals surface area contributed by atoms with Crippen LogP contribution in [0.1, 0.15) is 87.1 Å². The van der Waals surface area contributed by atoms with E-state index in [-0.39, 0.29) is 17.3 Å². The molecule has 4 heteroatoms. The van der Waals surface area contributed by atoms with E-state index in [9.17, 15) is 15.1 Å². The van der Waals surface area contributed by atoms with Gasteiger partial charge in [-0.25, -0.2) is 0 Å². The first kappa shape index (κ1) is 21.6. The topological polar surface area (TPSA) is 69.9 Å². The molecule has 3 atom stereocenters. The van der Waals surface area contributed by atoms with Gasteiger partial charge in [0.25, 0.3) is 0 Å². The summed E-state index contributed by atoms with van der Waals surface area (Å²) in [4.78, 5) is 12.3. The van der Waals surface area contributed by atoms with Crippen molar-refractivity contribution in [3.8, 4) is 0 Å². The van der Waals surface area contributed by atoms with Crippen molar-refractivity contribution in [2.24, 2.45) is 16.5 Å². The molecule has 0 amide bonds. The minimum atomic E-state index is -0.700. The first-order chi connectivity index (χ1) is 14.7. The molecular weight excluding hydrogens is 386 g/mol. The highest BCUT2D eigenvalue weighted by molar-refractivity contribution is 6.13. The Kier molecular flexibility index (Phi) is 5.45. The van der Waals surface area contributed by atoms with E-state index in [4.69, 9.17) is 0 Å². The first-order valence-electron chi connectivity index (χ1n) is 11.4. The van der Waals surface area contributed by atoms with Crippen molar-refractivity contribution < 1.29 is 15.1 Å². The van der Waals surface area contributed by atoms with Gasteiger partial charge in [0, 0.05) is 11.1 Å². The number of carbonyl (C=O) groups is 1. The molecule has 0 unspecified atom stereocenters. The van der Waals surface area contributed by atoms with Crippen LogP contribution in [0.5, 0.6) is 0 Å². The zero-order valence-electron chi connectivity index (χ0n) is 19.0. The van der Waals surface area contributed by atoms with Gasteiger partial charge in [-0.15, -0.1) is 0 Å². The highest BCUT2D eigenvalue weighted by Crippen LogP contribution is 2.57. The number of aliphatic carboxylic acids is 1. The molecule has 1 saturated carbocycles. The number of carboxylic acids is 1. The number of oxime groups is 1. The predicted molar refractivity (Wildman–Crippen MR) is 123 cm³/mol. The van der Waals surface area contributed by atoms with Crippen LogP contribution in [0.3, 0.4) is 0 Å². The van der Waals surface area contributed by atoms with Crippen molar-refractivity contribution in [3.05, 3.63) is 70.3 Å². The first-order valence-corrected chi connectivity index (χ1v) is 11.4. The van der Waals surface area contributed by atoms with Gasteiger partial charge in [0.1, 0.15) is 5.71 Å². The fourth-order valence-corrected chi connectivity index (χ4v) is 6.34. The molecule has 0 spiro atoms. The van der Waals surface area contributed by atoms with E-state index in [1.165, 1.54) is 16.7 Å². The molecule has 4 rings (SSSR count). The SMILES string of the molecule is CC(C)c1cc2c(cc1C(=NO)c1ccccc1)[C@@]1(C)CCC[C@@](C)(C(=O)O)[C@@H]1CC2. The fourth-order valence-electron chi connectivity index (χ4n) is 6.34. The lowest BCUT2D eigenvalue weighted by Gasteiger charge is -2.53. The third-order valence-electron chi connectivity index (χ3n) is 8.04. The van der Waals surface area contributed by atoms with Crippen molar-refractivity contribution in [3.63, 3.8) is 0 Å². The van der Waals surface area contributed by atoms with Crippen LogP contribution in [0.25, 0.3) is 0 Å². The Balaban J connectivity index is 1.92. The summed E-state index contributed by atoms with van der Waals surface area (Å²) < 4.78 is 0. The van der Waals surface area contributed by atoms with E-state index in [0.29, 0.717) is 5.71 Å². The molecule has 4 nitrogen and oxygen atoms in total. The molecule has 0 radical (unpaired) electrons. The van der Waals surface area contributed by atoms with Gasteiger partial charge in [0.15, 0.2) is 0 Å². The summed E-state index contributed by atoms with van der Waals surface area (Å²) in [5.41, 5.74) is 5.26. The minimum Gasteiger partial charge on any atom is -0.481 e. The summed E-state index contributed by atoms with van der Waals surface area (Å²) in [5, 5.41) is 23.8. The standard InChI is InChI=1S/C27H33NO3/c1-17(2)20-15-19-11-12-23-26(3,13-8-14-27(23,4)25(29)30)22(19)16-21(20)24(28-31)18-9-6-5-7-10-18/h5-7,9-10,15-17,23,31H,8,11-14H2,1-4H3,(H,29,30)/t23-,26-,27-/m1/s1. The van der Waals surface area contributed by atoms with Crippen LogP contribution in [0, 0.1) is 11.3 Å². The van der Waals surface area contributed by atoms with Crippen LogP contribution in [-0.2, 0) is 16.6 Å². The summed E-state index contributed by atoms with van der Waals surface area (Å²) in [6.07, 6.45) is 4.45. The van der Waals surface area contributed by atoms with Gasteiger partial charge in [-0.2, -0.15) is 0 Å². The summed E-state index contributed by atoms with van der Waals surface area (Å²) in [6.45, 7) is 8.53. The third kappa shape index (κ3) is 3.37. The summed E-state index contributed by atoms with van der Waals surface area (Å²) in [7, 11) is 0. The molecule has 31 heavy (non-hydrogen) atoms. The van der Waals surface area contributed by atoms with E-state index < -0.39 is 11.4 Å². The van der Waals surface area contributed by atoms with Crippen molar-refractivity contribution in [1.82, 2.24) is 0 Å². The van der Waals surface area contributed by atoms with Crippen molar-refractivity contribution >= 4 is 11.7 Å². The fraction of sp³-hybridized carbons (Fsp3) is 0.481. The summed E-state index contributed by atoms with van der Waals surface area (Å²) in [6, 6.07) is 14.3. The monoisotopic (exact) mass is 419 g/mol. The number of hydrogen-bond donors (Lipinski definition) is 2. The average molecular weight is 420 g/mol. The van der Waals surface area contributed by atoms with E-state index in [1.807, 2.05) is 37.3 Å².